The second-order valence-corrected chi connectivity index (χ2v) is 4.56. The molecule has 1 aliphatic rings. The molecular weight excluding hydrogens is 236 g/mol. The highest BCUT2D eigenvalue weighted by molar-refractivity contribution is 5.71. The van der Waals surface area contributed by atoms with Crippen molar-refractivity contribution in [1.29, 1.82) is 0 Å². The molecule has 5 nitrogen and oxygen atoms in total. The number of hydrogen-bond acceptors (Lipinski definition) is 5. The van der Waals surface area contributed by atoms with Crippen molar-refractivity contribution in [3.05, 3.63) is 12.2 Å². The maximum Gasteiger partial charge on any atom is 0.308 e. The van der Waals surface area contributed by atoms with E-state index >= 15 is 0 Å². The molecule has 0 aromatic rings. The molecule has 0 bridgehead atoms. The van der Waals surface area contributed by atoms with E-state index in [0.717, 1.165) is 19.3 Å². The molecule has 5 heteroatoms. The van der Waals surface area contributed by atoms with Crippen molar-refractivity contribution in [3.63, 3.8) is 0 Å². The Morgan fingerprint density at radius 3 is 2.78 bits per heavy atom. The van der Waals surface area contributed by atoms with Crippen molar-refractivity contribution < 1.29 is 24.2 Å². The fraction of sp³-hybridized carbons (Fsp3) is 0.692. The Morgan fingerprint density at radius 2 is 2.17 bits per heavy atom. The molecule has 0 aromatic heterocycles. The van der Waals surface area contributed by atoms with E-state index in [1.807, 2.05) is 6.08 Å². The summed E-state index contributed by atoms with van der Waals surface area (Å²) >= 11 is 0. The lowest BCUT2D eigenvalue weighted by molar-refractivity contribution is -0.166. The largest absolute Gasteiger partial charge is 0.469 e. The van der Waals surface area contributed by atoms with Crippen LogP contribution in [-0.4, -0.2) is 35.9 Å². The maximum atomic E-state index is 11.4. The minimum Gasteiger partial charge on any atom is -0.469 e. The van der Waals surface area contributed by atoms with Crippen LogP contribution in [0.2, 0.25) is 0 Å². The van der Waals surface area contributed by atoms with Crippen LogP contribution in [0.4, 0.5) is 0 Å². The van der Waals surface area contributed by atoms with E-state index in [-0.39, 0.29) is 6.42 Å². The summed E-state index contributed by atoms with van der Waals surface area (Å²) in [4.78, 5) is 22.4. The van der Waals surface area contributed by atoms with Gasteiger partial charge in [-0.2, -0.15) is 0 Å². The van der Waals surface area contributed by atoms with Gasteiger partial charge in [-0.3, -0.25) is 9.59 Å². The minimum atomic E-state index is -1.38. The van der Waals surface area contributed by atoms with Crippen LogP contribution in [0.25, 0.3) is 0 Å². The molecule has 18 heavy (non-hydrogen) atoms. The molecule has 1 aliphatic carbocycles. The Bertz CT molecular complexity index is 336. The van der Waals surface area contributed by atoms with Crippen LogP contribution >= 0.6 is 0 Å². The molecular formula is C13H20O5. The van der Waals surface area contributed by atoms with Gasteiger partial charge in [-0.05, 0) is 25.3 Å². The lowest BCUT2D eigenvalue weighted by Gasteiger charge is -2.34. The topological polar surface area (TPSA) is 72.8 Å². The third-order valence-electron chi connectivity index (χ3n) is 3.04. The second-order valence-electron chi connectivity index (χ2n) is 4.56. The first-order valence-electron chi connectivity index (χ1n) is 6.11. The van der Waals surface area contributed by atoms with Gasteiger partial charge in [0.05, 0.1) is 13.5 Å². The summed E-state index contributed by atoms with van der Waals surface area (Å²) in [6.45, 7) is 1.28. The normalized spacial score (nSPS) is 29.8. The van der Waals surface area contributed by atoms with E-state index in [2.05, 4.69) is 4.74 Å². The molecule has 1 rings (SSSR count). The van der Waals surface area contributed by atoms with Gasteiger partial charge in [0.25, 0.3) is 0 Å². The summed E-state index contributed by atoms with van der Waals surface area (Å²) in [5.41, 5.74) is -1.38. The predicted molar refractivity (Wildman–Crippen MR) is 64.7 cm³/mol. The molecule has 0 spiro atoms. The van der Waals surface area contributed by atoms with Crippen molar-refractivity contribution in [2.75, 3.05) is 7.11 Å². The molecule has 102 valence electrons. The van der Waals surface area contributed by atoms with Crippen LogP contribution in [0.3, 0.4) is 0 Å². The molecule has 0 saturated carbocycles. The molecule has 0 fully saturated rings. The molecule has 0 radical (unpaired) electrons. The zero-order chi connectivity index (χ0) is 13.6. The van der Waals surface area contributed by atoms with Gasteiger partial charge in [-0.25, -0.2) is 0 Å². The van der Waals surface area contributed by atoms with Gasteiger partial charge in [0.2, 0.25) is 0 Å². The number of allylic oxidation sites excluding steroid dienone is 1. The number of hydrogen-bond donors (Lipinski definition) is 1. The first kappa shape index (κ1) is 14.7. The quantitative estimate of drug-likeness (QED) is 0.609. The second kappa shape index (κ2) is 6.54. The molecule has 0 aliphatic heterocycles. The highest BCUT2D eigenvalue weighted by Crippen LogP contribution is 2.29. The van der Waals surface area contributed by atoms with E-state index in [4.69, 9.17) is 4.74 Å². The number of ether oxygens (including phenoxy) is 2. The summed E-state index contributed by atoms with van der Waals surface area (Å²) in [5, 5.41) is 10.6. The molecule has 0 saturated heterocycles. The Balaban J connectivity index is 2.89. The monoisotopic (exact) mass is 256 g/mol. The van der Waals surface area contributed by atoms with Crippen LogP contribution in [0.15, 0.2) is 12.2 Å². The summed E-state index contributed by atoms with van der Waals surface area (Å²) in [5.74, 6) is -0.989. The average Bonchev–Trinajstić information content (AvgIpc) is 2.29. The summed E-state index contributed by atoms with van der Waals surface area (Å²) in [6, 6.07) is 0. The number of rotatable bonds is 3. The van der Waals surface area contributed by atoms with E-state index in [9.17, 15) is 14.7 Å². The van der Waals surface area contributed by atoms with Gasteiger partial charge in [0.1, 0.15) is 11.7 Å². The average molecular weight is 256 g/mol. The van der Waals surface area contributed by atoms with E-state index in [1.54, 1.807) is 6.08 Å². The van der Waals surface area contributed by atoms with E-state index in [0.29, 0.717) is 6.42 Å². The lowest BCUT2D eigenvalue weighted by atomic mass is 9.85. The molecule has 2 atom stereocenters. The van der Waals surface area contributed by atoms with Gasteiger partial charge >= 0.3 is 11.9 Å². The standard InChI is InChI=1S/C13H20O5/c1-10(14)18-11-7-5-3-4-6-8-13(11,16)9-12(15)17-2/h5,7,11,16H,3-4,6,8-9H2,1-2H3/b7-5+. The Labute approximate surface area is 107 Å². The van der Waals surface area contributed by atoms with Crippen molar-refractivity contribution in [1.82, 2.24) is 0 Å². The zero-order valence-electron chi connectivity index (χ0n) is 10.8. The smallest absolute Gasteiger partial charge is 0.308 e. The summed E-state index contributed by atoms with van der Waals surface area (Å²) in [6.07, 6.45) is 5.55. The Kier molecular flexibility index (Phi) is 5.34. The highest BCUT2D eigenvalue weighted by atomic mass is 16.6. The SMILES string of the molecule is COC(=O)CC1(O)CCCC/C=C/C1OC(C)=O. The van der Waals surface area contributed by atoms with Crippen molar-refractivity contribution in [3.8, 4) is 0 Å². The van der Waals surface area contributed by atoms with Crippen LogP contribution in [-0.2, 0) is 19.1 Å². The fourth-order valence-corrected chi connectivity index (χ4v) is 2.07. The molecule has 0 amide bonds. The molecule has 1 N–H and O–H groups in total. The Morgan fingerprint density at radius 1 is 1.44 bits per heavy atom. The number of aliphatic hydroxyl groups is 1. The molecule has 0 heterocycles. The van der Waals surface area contributed by atoms with Gasteiger partial charge in [0.15, 0.2) is 0 Å². The fourth-order valence-electron chi connectivity index (χ4n) is 2.07. The van der Waals surface area contributed by atoms with Crippen LogP contribution in [0, 0.1) is 0 Å². The van der Waals surface area contributed by atoms with Crippen LogP contribution in [0.5, 0.6) is 0 Å². The highest BCUT2D eigenvalue weighted by Gasteiger charge is 2.40. The molecule has 2 unspecified atom stereocenters. The van der Waals surface area contributed by atoms with E-state index < -0.39 is 23.6 Å². The first-order chi connectivity index (χ1) is 8.48. The minimum absolute atomic E-state index is 0.175. The number of esters is 2. The lowest BCUT2D eigenvalue weighted by Crippen LogP contribution is -2.46. The van der Waals surface area contributed by atoms with E-state index in [1.165, 1.54) is 14.0 Å². The number of carbonyl (C=O) groups is 2. The van der Waals surface area contributed by atoms with Crippen LogP contribution < -0.4 is 0 Å². The van der Waals surface area contributed by atoms with Gasteiger partial charge in [-0.15, -0.1) is 0 Å². The van der Waals surface area contributed by atoms with Gasteiger partial charge in [0, 0.05) is 6.92 Å². The van der Waals surface area contributed by atoms with Crippen molar-refractivity contribution >= 4 is 11.9 Å². The van der Waals surface area contributed by atoms with Gasteiger partial charge in [-0.1, -0.05) is 12.5 Å². The maximum absolute atomic E-state index is 11.4. The number of methoxy groups -OCH3 is 1. The number of carbonyl (C=O) groups excluding carboxylic acids is 2. The van der Waals surface area contributed by atoms with Crippen molar-refractivity contribution in [2.45, 2.75) is 50.7 Å². The third-order valence-corrected chi connectivity index (χ3v) is 3.04. The predicted octanol–water partition coefficient (Wildman–Crippen LogP) is 1.34. The third kappa shape index (κ3) is 4.14. The first-order valence-corrected chi connectivity index (χ1v) is 6.11. The van der Waals surface area contributed by atoms with Crippen molar-refractivity contribution in [2.24, 2.45) is 0 Å². The summed E-state index contributed by atoms with van der Waals surface area (Å²) in [7, 11) is 1.27. The zero-order valence-corrected chi connectivity index (χ0v) is 10.8. The Hall–Kier alpha value is -1.36. The van der Waals surface area contributed by atoms with Gasteiger partial charge < -0.3 is 14.6 Å². The summed E-state index contributed by atoms with van der Waals surface area (Å²) < 4.78 is 9.68. The van der Waals surface area contributed by atoms with Crippen LogP contribution in [0.1, 0.15) is 39.0 Å². The molecule has 0 aromatic carbocycles.